The fourth-order valence-corrected chi connectivity index (χ4v) is 3.16. The number of guanidine groups is 1. The number of nitrogens with two attached hydrogens (primary N) is 1. The first-order valence-electron chi connectivity index (χ1n) is 6.80. The van der Waals surface area contributed by atoms with Crippen molar-refractivity contribution in [2.24, 2.45) is 10.7 Å². The summed E-state index contributed by atoms with van der Waals surface area (Å²) >= 11 is 1.61. The predicted molar refractivity (Wildman–Crippen MR) is 99.7 cm³/mol. The Hall–Kier alpha value is -1.15. The first-order chi connectivity index (χ1) is 9.70. The molecule has 0 aliphatic heterocycles. The van der Waals surface area contributed by atoms with Crippen molar-refractivity contribution in [1.82, 2.24) is 4.98 Å². The Kier molecular flexibility index (Phi) is 5.58. The van der Waals surface area contributed by atoms with E-state index in [0.29, 0.717) is 12.5 Å². The lowest BCUT2D eigenvalue weighted by Crippen LogP contribution is -2.22. The molecule has 3 N–H and O–H groups in total. The van der Waals surface area contributed by atoms with Crippen LogP contribution in [0.3, 0.4) is 0 Å². The SMILES string of the molecule is Cc1csc(CN=C(N)Nc2ccc3c(c2)CCC3)n1.I. The molecule has 0 bridgehead atoms. The van der Waals surface area contributed by atoms with E-state index in [9.17, 15) is 0 Å². The van der Waals surface area contributed by atoms with Crippen molar-refractivity contribution in [2.45, 2.75) is 32.7 Å². The van der Waals surface area contributed by atoms with Crippen LogP contribution in [0, 0.1) is 6.92 Å². The van der Waals surface area contributed by atoms with E-state index in [2.05, 4.69) is 33.5 Å². The summed E-state index contributed by atoms with van der Waals surface area (Å²) in [5, 5.41) is 6.16. The Labute approximate surface area is 145 Å². The molecule has 0 saturated heterocycles. The average molecular weight is 414 g/mol. The second-order valence-corrected chi connectivity index (χ2v) is 5.99. The summed E-state index contributed by atoms with van der Waals surface area (Å²) in [6, 6.07) is 6.43. The highest BCUT2D eigenvalue weighted by Gasteiger charge is 2.10. The van der Waals surface area contributed by atoms with Crippen molar-refractivity contribution in [3.8, 4) is 0 Å². The largest absolute Gasteiger partial charge is 0.370 e. The van der Waals surface area contributed by atoms with Crippen LogP contribution in [-0.2, 0) is 19.4 Å². The van der Waals surface area contributed by atoms with Gasteiger partial charge in [0.15, 0.2) is 5.96 Å². The molecule has 4 nitrogen and oxygen atoms in total. The van der Waals surface area contributed by atoms with Gasteiger partial charge in [-0.3, -0.25) is 0 Å². The average Bonchev–Trinajstić information content (AvgIpc) is 3.04. The smallest absolute Gasteiger partial charge is 0.193 e. The number of hydrogen-bond acceptors (Lipinski definition) is 3. The number of nitrogens with zero attached hydrogens (tertiary/aromatic N) is 2. The molecule has 0 radical (unpaired) electrons. The van der Waals surface area contributed by atoms with Crippen molar-refractivity contribution < 1.29 is 0 Å². The maximum Gasteiger partial charge on any atom is 0.193 e. The van der Waals surface area contributed by atoms with Crippen LogP contribution in [0.25, 0.3) is 0 Å². The van der Waals surface area contributed by atoms with Gasteiger partial charge in [-0.15, -0.1) is 35.3 Å². The number of hydrogen-bond donors (Lipinski definition) is 2. The number of aryl methyl sites for hydroxylation is 3. The molecule has 0 fully saturated rings. The zero-order chi connectivity index (χ0) is 13.9. The lowest BCUT2D eigenvalue weighted by atomic mass is 10.1. The van der Waals surface area contributed by atoms with E-state index in [1.807, 2.05) is 12.3 Å². The van der Waals surface area contributed by atoms with Crippen LogP contribution >= 0.6 is 35.3 Å². The van der Waals surface area contributed by atoms with Crippen molar-refractivity contribution in [2.75, 3.05) is 5.32 Å². The lowest BCUT2D eigenvalue weighted by molar-refractivity contribution is 0.912. The van der Waals surface area contributed by atoms with Crippen LogP contribution in [0.2, 0.25) is 0 Å². The summed E-state index contributed by atoms with van der Waals surface area (Å²) in [7, 11) is 0. The van der Waals surface area contributed by atoms with Crippen molar-refractivity contribution in [3.63, 3.8) is 0 Å². The van der Waals surface area contributed by atoms with E-state index in [0.717, 1.165) is 16.4 Å². The Balaban J connectivity index is 0.00000161. The Bertz CT molecular complexity index is 651. The van der Waals surface area contributed by atoms with Crippen molar-refractivity contribution in [3.05, 3.63) is 45.4 Å². The van der Waals surface area contributed by atoms with Gasteiger partial charge in [0.2, 0.25) is 0 Å². The van der Waals surface area contributed by atoms with E-state index < -0.39 is 0 Å². The number of nitrogens with one attached hydrogen (secondary N) is 1. The van der Waals surface area contributed by atoms with Crippen LogP contribution in [0.1, 0.15) is 28.2 Å². The Morgan fingerprint density at radius 2 is 2.19 bits per heavy atom. The highest BCUT2D eigenvalue weighted by molar-refractivity contribution is 14.0. The molecule has 3 rings (SSSR count). The molecule has 1 heterocycles. The molecule has 1 aliphatic rings. The van der Waals surface area contributed by atoms with Crippen LogP contribution < -0.4 is 11.1 Å². The molecule has 112 valence electrons. The summed E-state index contributed by atoms with van der Waals surface area (Å²) in [6.45, 7) is 2.51. The fourth-order valence-electron chi connectivity index (χ4n) is 2.47. The topological polar surface area (TPSA) is 63.3 Å². The highest BCUT2D eigenvalue weighted by atomic mass is 127. The Morgan fingerprint density at radius 3 is 2.95 bits per heavy atom. The first-order valence-corrected chi connectivity index (χ1v) is 7.68. The molecular weight excluding hydrogens is 395 g/mol. The molecular formula is C15H19IN4S. The first kappa shape index (κ1) is 16.2. The van der Waals surface area contributed by atoms with E-state index in [4.69, 9.17) is 5.73 Å². The number of rotatable bonds is 3. The standard InChI is InChI=1S/C15H18N4S.HI/c1-10-9-20-14(18-10)8-17-15(16)19-13-6-5-11-3-2-4-12(11)7-13;/h5-7,9H,2-4,8H2,1H3,(H3,16,17,19);1H. The Morgan fingerprint density at radius 1 is 1.38 bits per heavy atom. The lowest BCUT2D eigenvalue weighted by Gasteiger charge is -2.07. The molecule has 0 unspecified atom stereocenters. The molecule has 0 saturated carbocycles. The minimum Gasteiger partial charge on any atom is -0.370 e. The van der Waals surface area contributed by atoms with Gasteiger partial charge < -0.3 is 11.1 Å². The number of aromatic nitrogens is 1. The minimum atomic E-state index is 0. The van der Waals surface area contributed by atoms with Gasteiger partial charge in [-0.1, -0.05) is 6.07 Å². The molecule has 1 aliphatic carbocycles. The van der Waals surface area contributed by atoms with Gasteiger partial charge in [0, 0.05) is 16.8 Å². The molecule has 6 heteroatoms. The van der Waals surface area contributed by atoms with Gasteiger partial charge in [0.25, 0.3) is 0 Å². The second-order valence-electron chi connectivity index (χ2n) is 5.05. The third-order valence-corrected chi connectivity index (χ3v) is 4.37. The summed E-state index contributed by atoms with van der Waals surface area (Å²) in [4.78, 5) is 8.69. The predicted octanol–water partition coefficient (Wildman–Crippen LogP) is 3.49. The monoisotopic (exact) mass is 414 g/mol. The zero-order valence-corrected chi connectivity index (χ0v) is 15.1. The zero-order valence-electron chi connectivity index (χ0n) is 11.9. The summed E-state index contributed by atoms with van der Waals surface area (Å²) in [5.41, 5.74) is 10.9. The molecule has 21 heavy (non-hydrogen) atoms. The van der Waals surface area contributed by atoms with Crippen LogP contribution in [0.5, 0.6) is 0 Å². The van der Waals surface area contributed by atoms with E-state index >= 15 is 0 Å². The maximum absolute atomic E-state index is 5.92. The number of thiazole rings is 1. The van der Waals surface area contributed by atoms with Crippen LogP contribution in [0.4, 0.5) is 5.69 Å². The van der Waals surface area contributed by atoms with Gasteiger partial charge in [-0.2, -0.15) is 0 Å². The summed E-state index contributed by atoms with van der Waals surface area (Å²) in [6.07, 6.45) is 3.62. The highest BCUT2D eigenvalue weighted by Crippen LogP contribution is 2.24. The third-order valence-electron chi connectivity index (χ3n) is 3.42. The van der Waals surface area contributed by atoms with Gasteiger partial charge in [0.05, 0.1) is 6.54 Å². The van der Waals surface area contributed by atoms with E-state index in [-0.39, 0.29) is 24.0 Å². The van der Waals surface area contributed by atoms with Gasteiger partial charge in [-0.25, -0.2) is 9.98 Å². The molecule has 0 amide bonds. The molecule has 0 atom stereocenters. The third kappa shape index (κ3) is 4.16. The van der Waals surface area contributed by atoms with Crippen molar-refractivity contribution >= 4 is 47.0 Å². The number of halogens is 1. The minimum absolute atomic E-state index is 0. The normalized spacial score (nSPS) is 13.7. The van der Waals surface area contributed by atoms with Crippen LogP contribution in [0.15, 0.2) is 28.6 Å². The number of aliphatic imine (C=N–C) groups is 1. The number of fused-ring (bicyclic) bond motifs is 1. The van der Waals surface area contributed by atoms with E-state index in [1.54, 1.807) is 11.3 Å². The number of benzene rings is 1. The quantitative estimate of drug-likeness (QED) is 0.459. The van der Waals surface area contributed by atoms with Crippen molar-refractivity contribution in [1.29, 1.82) is 0 Å². The summed E-state index contributed by atoms with van der Waals surface area (Å²) in [5.74, 6) is 0.441. The van der Waals surface area contributed by atoms with Gasteiger partial charge >= 0.3 is 0 Å². The van der Waals surface area contributed by atoms with E-state index in [1.165, 1.54) is 30.4 Å². The van der Waals surface area contributed by atoms with Crippen LogP contribution in [-0.4, -0.2) is 10.9 Å². The summed E-state index contributed by atoms with van der Waals surface area (Å²) < 4.78 is 0. The van der Waals surface area contributed by atoms with Gasteiger partial charge in [-0.05, 0) is 49.4 Å². The molecule has 2 aromatic rings. The molecule has 1 aromatic heterocycles. The fraction of sp³-hybridized carbons (Fsp3) is 0.333. The second kappa shape index (κ2) is 7.22. The number of anilines is 1. The van der Waals surface area contributed by atoms with Gasteiger partial charge in [0.1, 0.15) is 5.01 Å². The molecule has 1 aromatic carbocycles. The maximum atomic E-state index is 5.92. The molecule has 0 spiro atoms.